The number of hydrogen-bond acceptors (Lipinski definition) is 10. The van der Waals surface area contributed by atoms with Crippen LogP contribution >= 0.6 is 0 Å². The number of aryl methyl sites for hydroxylation is 1. The molecule has 0 unspecified atom stereocenters. The molecule has 5 N–H and O–H groups in total. The standard InChI is InChI=1S/C26H27NO6.C25H26N2O5/c1-3-32-26(31)17(2)13-21(27-25(30)24-15-22(28)23(29)16-33-24)14-18-9-11-20(12-10-18)19-7-5-4-6-8-19;1-16(25(31)32)12-20(26-24(30)21-14-22(28)23(29)15-27(21)2)13-17-8-10-19(11-9-17)18-6-4-3-5-7-18/h4-12,15-17,21,29H,3,13-14H2,1-2H3,(H,27,30);3-11,14-16,20,29H,12-13H2,1-2H3,(H,26,30)(H,31,32)/t17-,21+;16-,20+/m11/s1. The van der Waals surface area contributed by atoms with Crippen molar-refractivity contribution in [1.29, 1.82) is 0 Å². The van der Waals surface area contributed by atoms with Crippen LogP contribution < -0.4 is 21.5 Å². The number of aliphatic carboxylic acids is 1. The third kappa shape index (κ3) is 14.1. The molecule has 14 heteroatoms. The Bertz CT molecular complexity index is 2660. The maximum Gasteiger partial charge on any atom is 0.308 e. The van der Waals surface area contributed by atoms with E-state index in [1.54, 1.807) is 27.8 Å². The smallest absolute Gasteiger partial charge is 0.308 e. The van der Waals surface area contributed by atoms with Crippen LogP contribution in [-0.2, 0) is 34.2 Å². The van der Waals surface area contributed by atoms with Gasteiger partial charge in [0.1, 0.15) is 12.0 Å². The molecule has 0 bridgehead atoms. The monoisotopic (exact) mass is 883 g/mol. The average molecular weight is 884 g/mol. The molecule has 6 rings (SSSR count). The molecule has 0 aliphatic rings. The number of aromatic hydroxyl groups is 2. The first kappa shape index (κ1) is 48.3. The summed E-state index contributed by atoms with van der Waals surface area (Å²) in [5, 5.41) is 33.9. The second-order valence-electron chi connectivity index (χ2n) is 15.8. The van der Waals surface area contributed by atoms with Crippen molar-refractivity contribution in [3.8, 4) is 33.8 Å². The van der Waals surface area contributed by atoms with Crippen LogP contribution in [0.2, 0.25) is 0 Å². The summed E-state index contributed by atoms with van der Waals surface area (Å²) in [4.78, 5) is 72.5. The predicted molar refractivity (Wildman–Crippen MR) is 245 cm³/mol. The SMILES string of the molecule is CCOC(=O)[C@H](C)C[C@@H](Cc1ccc(-c2ccccc2)cc1)NC(=O)c1cc(=O)c(O)co1.C[C@H](C[C@@H](Cc1ccc(-c2ccccc2)cc1)NC(=O)c1cc(=O)c(O)cn1C)C(=O)O. The van der Waals surface area contributed by atoms with E-state index in [-0.39, 0.29) is 30.5 Å². The van der Waals surface area contributed by atoms with Gasteiger partial charge in [-0.25, -0.2) is 0 Å². The summed E-state index contributed by atoms with van der Waals surface area (Å²) in [5.41, 5.74) is 4.98. The highest BCUT2D eigenvalue weighted by Gasteiger charge is 2.25. The van der Waals surface area contributed by atoms with Crippen molar-refractivity contribution in [2.75, 3.05) is 6.61 Å². The Kier molecular flexibility index (Phi) is 17.2. The second kappa shape index (κ2) is 23.1. The highest BCUT2D eigenvalue weighted by Crippen LogP contribution is 2.23. The van der Waals surface area contributed by atoms with Crippen LogP contribution in [0.4, 0.5) is 0 Å². The zero-order valence-electron chi connectivity index (χ0n) is 36.6. The summed E-state index contributed by atoms with van der Waals surface area (Å²) in [6.45, 7) is 5.36. The minimum absolute atomic E-state index is 0.0835. The molecule has 6 aromatic rings. The van der Waals surface area contributed by atoms with Gasteiger partial charge in [-0.2, -0.15) is 0 Å². The lowest BCUT2D eigenvalue weighted by Crippen LogP contribution is -2.40. The quantitative estimate of drug-likeness (QED) is 0.0580. The molecule has 0 saturated heterocycles. The number of ether oxygens (including phenoxy) is 1. The molecule has 2 amide bonds. The highest BCUT2D eigenvalue weighted by atomic mass is 16.5. The number of nitrogens with one attached hydrogen (secondary N) is 2. The molecule has 0 aliphatic heterocycles. The Morgan fingerprint density at radius 3 is 1.58 bits per heavy atom. The predicted octanol–water partition coefficient (Wildman–Crippen LogP) is 7.15. The summed E-state index contributed by atoms with van der Waals surface area (Å²) < 4.78 is 11.5. The Balaban J connectivity index is 0.000000244. The number of carboxylic acid groups (broad SMARTS) is 1. The fraction of sp³-hybridized carbons (Fsp3) is 0.255. The van der Waals surface area contributed by atoms with Gasteiger partial charge in [0, 0.05) is 31.3 Å². The van der Waals surface area contributed by atoms with Crippen LogP contribution in [-0.4, -0.2) is 62.3 Å². The Morgan fingerprint density at radius 2 is 1.11 bits per heavy atom. The van der Waals surface area contributed by atoms with Crippen molar-refractivity contribution >= 4 is 23.8 Å². The van der Waals surface area contributed by atoms with Crippen molar-refractivity contribution in [2.24, 2.45) is 18.9 Å². The van der Waals surface area contributed by atoms with Gasteiger partial charge in [-0.1, -0.05) is 123 Å². The van der Waals surface area contributed by atoms with E-state index >= 15 is 0 Å². The van der Waals surface area contributed by atoms with Gasteiger partial charge in [-0.05, 0) is 66.0 Å². The van der Waals surface area contributed by atoms with Crippen molar-refractivity contribution in [1.82, 2.24) is 15.2 Å². The number of aromatic nitrogens is 1. The Morgan fingerprint density at radius 1 is 0.646 bits per heavy atom. The highest BCUT2D eigenvalue weighted by molar-refractivity contribution is 5.93. The van der Waals surface area contributed by atoms with E-state index in [2.05, 4.69) is 10.6 Å². The maximum absolute atomic E-state index is 12.8. The van der Waals surface area contributed by atoms with E-state index in [0.29, 0.717) is 19.3 Å². The van der Waals surface area contributed by atoms with E-state index < -0.39 is 64.1 Å². The lowest BCUT2D eigenvalue weighted by Gasteiger charge is -2.22. The molecule has 0 spiro atoms. The van der Waals surface area contributed by atoms with E-state index in [9.17, 15) is 44.1 Å². The number of carbonyl (C=O) groups is 4. The number of hydrogen-bond donors (Lipinski definition) is 5. The lowest BCUT2D eigenvalue weighted by molar-refractivity contribution is -0.147. The first-order valence-corrected chi connectivity index (χ1v) is 21.1. The van der Waals surface area contributed by atoms with E-state index in [1.807, 2.05) is 109 Å². The second-order valence-corrected chi connectivity index (χ2v) is 15.8. The van der Waals surface area contributed by atoms with E-state index in [4.69, 9.17) is 9.15 Å². The largest absolute Gasteiger partial charge is 0.503 e. The fourth-order valence-electron chi connectivity index (χ4n) is 7.10. The molecule has 0 aliphatic carbocycles. The normalized spacial score (nSPS) is 12.6. The van der Waals surface area contributed by atoms with Crippen LogP contribution in [0.15, 0.2) is 148 Å². The van der Waals surface area contributed by atoms with Crippen LogP contribution in [0.25, 0.3) is 22.3 Å². The molecular weight excluding hydrogens is 831 g/mol. The molecule has 0 fully saturated rings. The summed E-state index contributed by atoms with van der Waals surface area (Å²) in [6, 6.07) is 37.0. The summed E-state index contributed by atoms with van der Waals surface area (Å²) in [6.07, 6.45) is 3.47. The van der Waals surface area contributed by atoms with Crippen molar-refractivity contribution in [3.05, 3.63) is 177 Å². The van der Waals surface area contributed by atoms with Crippen molar-refractivity contribution in [3.63, 3.8) is 0 Å². The molecule has 0 saturated carbocycles. The number of carboxylic acids is 1. The number of benzene rings is 4. The van der Waals surface area contributed by atoms with E-state index in [0.717, 1.165) is 51.8 Å². The molecular formula is C51H53N3O11. The van der Waals surface area contributed by atoms with E-state index in [1.165, 1.54) is 10.8 Å². The zero-order chi connectivity index (χ0) is 47.0. The van der Waals surface area contributed by atoms with Gasteiger partial charge in [0.05, 0.1) is 24.6 Å². The molecule has 338 valence electrons. The van der Waals surface area contributed by atoms with Gasteiger partial charge >= 0.3 is 11.9 Å². The topological polar surface area (TPSA) is 214 Å². The minimum atomic E-state index is -0.944. The zero-order valence-corrected chi connectivity index (χ0v) is 36.6. The molecule has 2 aromatic heterocycles. The maximum atomic E-state index is 12.8. The first-order valence-electron chi connectivity index (χ1n) is 21.1. The summed E-state index contributed by atoms with van der Waals surface area (Å²) in [7, 11) is 1.55. The van der Waals surface area contributed by atoms with Crippen molar-refractivity contribution < 1.29 is 43.7 Å². The average Bonchev–Trinajstić information content (AvgIpc) is 3.29. The van der Waals surface area contributed by atoms with Crippen molar-refractivity contribution in [2.45, 2.75) is 58.5 Å². The molecule has 4 aromatic carbocycles. The first-order chi connectivity index (χ1) is 31.1. The molecule has 65 heavy (non-hydrogen) atoms. The lowest BCUT2D eigenvalue weighted by atomic mass is 9.94. The number of nitrogens with zero attached hydrogens (tertiary/aromatic N) is 1. The Labute approximate surface area is 376 Å². The molecule has 4 atom stereocenters. The summed E-state index contributed by atoms with van der Waals surface area (Å²) in [5.74, 6) is -4.73. The fourth-order valence-corrected chi connectivity index (χ4v) is 7.10. The molecule has 2 heterocycles. The number of amides is 2. The summed E-state index contributed by atoms with van der Waals surface area (Å²) >= 11 is 0. The third-order valence-electron chi connectivity index (χ3n) is 10.6. The number of pyridine rings is 1. The van der Waals surface area contributed by atoms with Crippen LogP contribution in [0, 0.1) is 11.8 Å². The third-order valence-corrected chi connectivity index (χ3v) is 10.6. The van der Waals surface area contributed by atoms with Gasteiger partial charge in [-0.3, -0.25) is 28.8 Å². The minimum Gasteiger partial charge on any atom is -0.503 e. The van der Waals surface area contributed by atoms with Crippen LogP contribution in [0.1, 0.15) is 65.8 Å². The van der Waals surface area contributed by atoms with Gasteiger partial charge in [0.2, 0.25) is 10.9 Å². The Hall–Kier alpha value is -7.74. The number of rotatable bonds is 17. The number of carbonyl (C=O) groups excluding carboxylic acids is 3. The van der Waals surface area contributed by atoms with Gasteiger partial charge in [0.15, 0.2) is 17.3 Å². The van der Waals surface area contributed by atoms with Gasteiger partial charge in [-0.15, -0.1) is 0 Å². The van der Waals surface area contributed by atoms with Gasteiger partial charge in [0.25, 0.3) is 11.8 Å². The number of esters is 1. The molecule has 14 nitrogen and oxygen atoms in total. The molecule has 0 radical (unpaired) electrons. The van der Waals surface area contributed by atoms with Crippen LogP contribution in [0.3, 0.4) is 0 Å². The van der Waals surface area contributed by atoms with Gasteiger partial charge < -0.3 is 39.7 Å². The van der Waals surface area contributed by atoms with Crippen LogP contribution in [0.5, 0.6) is 11.5 Å².